The molecule has 0 aliphatic carbocycles. The van der Waals surface area contributed by atoms with Crippen LogP contribution in [-0.4, -0.2) is 29.1 Å². The fourth-order valence-corrected chi connectivity index (χ4v) is 3.78. The number of ether oxygens (including phenoxy) is 1. The zero-order valence-electron chi connectivity index (χ0n) is 16.1. The number of carbonyl (C=O) groups excluding carboxylic acids is 1. The van der Waals surface area contributed by atoms with Gasteiger partial charge in [-0.1, -0.05) is 42.5 Å². The van der Waals surface area contributed by atoms with Gasteiger partial charge in [-0.3, -0.25) is 4.79 Å². The van der Waals surface area contributed by atoms with Gasteiger partial charge in [-0.05, 0) is 36.1 Å². The number of aromatic nitrogens is 2. The lowest BCUT2D eigenvalue weighted by Gasteiger charge is -2.24. The number of amides is 1. The number of carbonyl (C=O) groups is 1. The van der Waals surface area contributed by atoms with E-state index in [9.17, 15) is 4.79 Å². The summed E-state index contributed by atoms with van der Waals surface area (Å²) in [6.45, 7) is 1.45. The van der Waals surface area contributed by atoms with Crippen LogP contribution in [-0.2, 0) is 19.4 Å². The van der Waals surface area contributed by atoms with Crippen molar-refractivity contribution in [3.8, 4) is 5.75 Å². The van der Waals surface area contributed by atoms with Gasteiger partial charge in [0.25, 0.3) is 5.91 Å². The van der Waals surface area contributed by atoms with Gasteiger partial charge in [0, 0.05) is 31.6 Å². The second kappa shape index (κ2) is 8.30. The Morgan fingerprint density at radius 1 is 1.21 bits per heavy atom. The molecule has 0 saturated heterocycles. The zero-order valence-corrected chi connectivity index (χ0v) is 16.1. The van der Waals surface area contributed by atoms with Gasteiger partial charge in [0.15, 0.2) is 0 Å². The number of methoxy groups -OCH3 is 1. The number of benzene rings is 2. The first kappa shape index (κ1) is 18.3. The molecule has 2 heterocycles. The highest BCUT2D eigenvalue weighted by atomic mass is 16.5. The van der Waals surface area contributed by atoms with Gasteiger partial charge >= 0.3 is 0 Å². The summed E-state index contributed by atoms with van der Waals surface area (Å²) in [4.78, 5) is 17.0. The second-order valence-electron chi connectivity index (χ2n) is 7.20. The summed E-state index contributed by atoms with van der Waals surface area (Å²) in [6, 6.07) is 18.4. The monoisotopic (exact) mass is 375 g/mol. The van der Waals surface area contributed by atoms with Gasteiger partial charge in [-0.25, -0.2) is 4.98 Å². The van der Waals surface area contributed by atoms with E-state index >= 15 is 0 Å². The molecule has 1 aliphatic rings. The lowest BCUT2D eigenvalue weighted by molar-refractivity contribution is 0.0949. The fraction of sp³-hybridized carbons (Fsp3) is 0.304. The molecule has 0 unspecified atom stereocenters. The molecule has 0 saturated carbocycles. The smallest absolute Gasteiger partial charge is 0.271 e. The summed E-state index contributed by atoms with van der Waals surface area (Å²) in [5.41, 5.74) is 3.00. The van der Waals surface area contributed by atoms with Crippen LogP contribution in [0.1, 0.15) is 39.8 Å². The number of rotatable bonds is 6. The third kappa shape index (κ3) is 4.09. The Morgan fingerprint density at radius 2 is 2.07 bits per heavy atom. The molecule has 1 atom stereocenters. The Bertz CT molecular complexity index is 949. The van der Waals surface area contributed by atoms with E-state index in [1.54, 1.807) is 7.11 Å². The number of fused-ring (bicyclic) bond motifs is 1. The van der Waals surface area contributed by atoms with Gasteiger partial charge < -0.3 is 14.6 Å². The highest BCUT2D eigenvalue weighted by Crippen LogP contribution is 2.30. The summed E-state index contributed by atoms with van der Waals surface area (Å²) in [5.74, 6) is 2.18. The second-order valence-corrected chi connectivity index (χ2v) is 7.20. The van der Waals surface area contributed by atoms with Gasteiger partial charge in [-0.15, -0.1) is 0 Å². The van der Waals surface area contributed by atoms with E-state index < -0.39 is 0 Å². The molecule has 0 radical (unpaired) electrons. The van der Waals surface area contributed by atoms with Crippen molar-refractivity contribution in [3.05, 3.63) is 83.4 Å². The van der Waals surface area contributed by atoms with Crippen LogP contribution in [0.5, 0.6) is 5.75 Å². The van der Waals surface area contributed by atoms with Crippen LogP contribution < -0.4 is 10.1 Å². The largest absolute Gasteiger partial charge is 0.497 e. The minimum Gasteiger partial charge on any atom is -0.497 e. The average Bonchev–Trinajstić information content (AvgIpc) is 3.18. The van der Waals surface area contributed by atoms with Gasteiger partial charge in [0.05, 0.1) is 7.11 Å². The normalized spacial score (nSPS) is 15.7. The van der Waals surface area contributed by atoms with Crippen LogP contribution in [0.3, 0.4) is 0 Å². The van der Waals surface area contributed by atoms with E-state index in [1.807, 2.05) is 36.5 Å². The van der Waals surface area contributed by atoms with Gasteiger partial charge in [-0.2, -0.15) is 0 Å². The molecular weight excluding hydrogens is 350 g/mol. The Kier molecular flexibility index (Phi) is 5.42. The molecule has 4 rings (SSSR count). The van der Waals surface area contributed by atoms with Crippen molar-refractivity contribution in [1.82, 2.24) is 14.9 Å². The predicted octanol–water partition coefficient (Wildman–Crippen LogP) is 3.59. The molecule has 144 valence electrons. The van der Waals surface area contributed by atoms with Gasteiger partial charge in [0.1, 0.15) is 17.3 Å². The van der Waals surface area contributed by atoms with Crippen molar-refractivity contribution in [1.29, 1.82) is 0 Å². The van der Waals surface area contributed by atoms with Crippen LogP contribution in [0.25, 0.3) is 0 Å². The first-order valence-electron chi connectivity index (χ1n) is 9.75. The van der Waals surface area contributed by atoms with Gasteiger partial charge in [0.2, 0.25) is 0 Å². The van der Waals surface area contributed by atoms with Crippen LogP contribution in [0.4, 0.5) is 0 Å². The highest BCUT2D eigenvalue weighted by molar-refractivity contribution is 5.92. The highest BCUT2D eigenvalue weighted by Gasteiger charge is 2.23. The first-order chi connectivity index (χ1) is 13.7. The summed E-state index contributed by atoms with van der Waals surface area (Å²) in [6.07, 6.45) is 4.61. The van der Waals surface area contributed by atoms with Crippen LogP contribution in [0.15, 0.2) is 60.8 Å². The number of hydrogen-bond acceptors (Lipinski definition) is 3. The molecule has 5 heteroatoms. The third-order valence-electron chi connectivity index (χ3n) is 5.33. The molecule has 1 aliphatic heterocycles. The molecular formula is C23H25N3O2. The molecule has 0 bridgehead atoms. The number of imidazole rings is 1. The van der Waals surface area contributed by atoms with Crippen molar-refractivity contribution in [2.75, 3.05) is 13.7 Å². The van der Waals surface area contributed by atoms with Crippen molar-refractivity contribution in [3.63, 3.8) is 0 Å². The molecule has 5 nitrogen and oxygen atoms in total. The molecule has 1 N–H and O–H groups in total. The molecule has 28 heavy (non-hydrogen) atoms. The summed E-state index contributed by atoms with van der Waals surface area (Å²) < 4.78 is 7.47. The van der Waals surface area contributed by atoms with Crippen molar-refractivity contribution >= 4 is 5.91 Å². The Balaban J connectivity index is 1.38. The lowest BCUT2D eigenvalue weighted by atomic mass is 9.91. The topological polar surface area (TPSA) is 56.1 Å². The maximum Gasteiger partial charge on any atom is 0.271 e. The minimum atomic E-state index is -0.101. The number of nitrogens with zero attached hydrogens (tertiary/aromatic N) is 2. The molecule has 3 aromatic rings. The third-order valence-corrected chi connectivity index (χ3v) is 5.33. The maximum absolute atomic E-state index is 12.5. The van der Waals surface area contributed by atoms with E-state index in [1.165, 1.54) is 11.1 Å². The lowest BCUT2D eigenvalue weighted by Crippen LogP contribution is -2.26. The SMILES string of the molecule is COc1cccc([C@H]2CCc3nc(C(=O)NCCc4ccccc4)cn3C2)c1. The van der Waals surface area contributed by atoms with E-state index in [0.29, 0.717) is 18.2 Å². The van der Waals surface area contributed by atoms with Crippen LogP contribution in [0, 0.1) is 0 Å². The Morgan fingerprint density at radius 3 is 2.89 bits per heavy atom. The van der Waals surface area contributed by atoms with E-state index in [4.69, 9.17) is 4.74 Å². The number of hydrogen-bond donors (Lipinski definition) is 1. The molecule has 2 aromatic carbocycles. The zero-order chi connectivity index (χ0) is 19.3. The quantitative estimate of drug-likeness (QED) is 0.716. The molecule has 1 amide bonds. The Labute approximate surface area is 165 Å². The number of nitrogens with one attached hydrogen (secondary N) is 1. The van der Waals surface area contributed by atoms with E-state index in [0.717, 1.165) is 37.4 Å². The standard InChI is InChI=1S/C23H25N3O2/c1-28-20-9-5-8-18(14-20)19-10-11-22-25-21(16-26(22)15-19)23(27)24-13-12-17-6-3-2-4-7-17/h2-9,14,16,19H,10-13,15H2,1H3,(H,24,27)/t19-/m0/s1. The molecule has 0 fully saturated rings. The first-order valence-corrected chi connectivity index (χ1v) is 9.75. The minimum absolute atomic E-state index is 0.101. The Hall–Kier alpha value is -3.08. The van der Waals surface area contributed by atoms with Crippen molar-refractivity contribution < 1.29 is 9.53 Å². The predicted molar refractivity (Wildman–Crippen MR) is 109 cm³/mol. The van der Waals surface area contributed by atoms with Crippen LogP contribution >= 0.6 is 0 Å². The number of aryl methyl sites for hydroxylation is 1. The summed E-state index contributed by atoms with van der Waals surface area (Å²) in [5, 5.41) is 2.98. The molecule has 1 aromatic heterocycles. The average molecular weight is 375 g/mol. The summed E-state index contributed by atoms with van der Waals surface area (Å²) in [7, 11) is 1.69. The van der Waals surface area contributed by atoms with Crippen molar-refractivity contribution in [2.24, 2.45) is 0 Å². The van der Waals surface area contributed by atoms with E-state index in [-0.39, 0.29) is 5.91 Å². The maximum atomic E-state index is 12.5. The summed E-state index contributed by atoms with van der Waals surface area (Å²) >= 11 is 0. The van der Waals surface area contributed by atoms with Crippen LogP contribution in [0.2, 0.25) is 0 Å². The van der Waals surface area contributed by atoms with Crippen molar-refractivity contribution in [2.45, 2.75) is 31.7 Å². The fourth-order valence-electron chi connectivity index (χ4n) is 3.78. The molecule has 0 spiro atoms. The van der Waals surface area contributed by atoms with E-state index in [2.05, 4.69) is 39.1 Å².